The minimum atomic E-state index is -3.75. The molecule has 1 unspecified atom stereocenters. The molecule has 1 aromatic carbocycles. The first-order chi connectivity index (χ1) is 13.3. The second kappa shape index (κ2) is 8.62. The maximum atomic E-state index is 12.6. The van der Waals surface area contributed by atoms with Gasteiger partial charge < -0.3 is 9.88 Å². The standard InChI is InChI=1S/C18H25N5O3S2/c1-12(17(24)20-14-8-10-16(11-9-14)28(19,25)26)27-18-22-21-13(2)23(18)15-6-4-3-5-7-15/h8-12,15H,3-7H2,1-2H3,(H,20,24)(H2,19,25,26). The average Bonchev–Trinajstić information content (AvgIpc) is 3.02. The number of nitrogens with zero attached hydrogens (tertiary/aromatic N) is 3. The van der Waals surface area contributed by atoms with Crippen LogP contribution in [-0.2, 0) is 14.8 Å². The van der Waals surface area contributed by atoms with Gasteiger partial charge in [0, 0.05) is 11.7 Å². The highest BCUT2D eigenvalue weighted by molar-refractivity contribution is 8.00. The lowest BCUT2D eigenvalue weighted by Gasteiger charge is -2.25. The zero-order valence-corrected chi connectivity index (χ0v) is 17.6. The first-order valence-electron chi connectivity index (χ1n) is 9.27. The number of sulfonamides is 1. The maximum absolute atomic E-state index is 12.6. The lowest BCUT2D eigenvalue weighted by atomic mass is 9.95. The Balaban J connectivity index is 1.66. The highest BCUT2D eigenvalue weighted by Crippen LogP contribution is 2.33. The number of nitrogens with two attached hydrogens (primary N) is 1. The van der Waals surface area contributed by atoms with Gasteiger partial charge in [-0.2, -0.15) is 0 Å². The minimum Gasteiger partial charge on any atom is -0.325 e. The van der Waals surface area contributed by atoms with Gasteiger partial charge >= 0.3 is 0 Å². The molecule has 1 aliphatic rings. The van der Waals surface area contributed by atoms with E-state index in [1.165, 1.54) is 55.3 Å². The molecule has 2 aromatic rings. The van der Waals surface area contributed by atoms with Crippen molar-refractivity contribution in [3.63, 3.8) is 0 Å². The zero-order chi connectivity index (χ0) is 20.3. The average molecular weight is 424 g/mol. The molecule has 28 heavy (non-hydrogen) atoms. The summed E-state index contributed by atoms with van der Waals surface area (Å²) in [5.74, 6) is 0.685. The molecule has 1 heterocycles. The number of rotatable bonds is 6. The summed E-state index contributed by atoms with van der Waals surface area (Å²) >= 11 is 1.38. The molecule has 1 fully saturated rings. The van der Waals surface area contributed by atoms with Crippen molar-refractivity contribution in [1.29, 1.82) is 0 Å². The largest absolute Gasteiger partial charge is 0.325 e. The van der Waals surface area contributed by atoms with Gasteiger partial charge in [0.1, 0.15) is 5.82 Å². The third-order valence-corrected chi connectivity index (χ3v) is 6.86. The Morgan fingerprint density at radius 3 is 2.46 bits per heavy atom. The number of amides is 1. The van der Waals surface area contributed by atoms with Gasteiger partial charge in [-0.05, 0) is 51.0 Å². The molecule has 1 atom stereocenters. The van der Waals surface area contributed by atoms with E-state index in [2.05, 4.69) is 20.1 Å². The number of benzene rings is 1. The predicted octanol–water partition coefficient (Wildman–Crippen LogP) is 2.86. The van der Waals surface area contributed by atoms with Crippen LogP contribution in [0.1, 0.15) is 50.9 Å². The summed E-state index contributed by atoms with van der Waals surface area (Å²) in [6.45, 7) is 3.76. The van der Waals surface area contributed by atoms with Gasteiger partial charge in [0.15, 0.2) is 5.16 Å². The SMILES string of the molecule is Cc1nnc(SC(C)C(=O)Nc2ccc(S(N)(=O)=O)cc2)n1C1CCCCC1. The fraction of sp³-hybridized carbons (Fsp3) is 0.500. The highest BCUT2D eigenvalue weighted by atomic mass is 32.2. The van der Waals surface area contributed by atoms with Crippen molar-refractivity contribution in [3.8, 4) is 0 Å². The Hall–Kier alpha value is -1.91. The van der Waals surface area contributed by atoms with Crippen LogP contribution in [0.4, 0.5) is 5.69 Å². The van der Waals surface area contributed by atoms with Gasteiger partial charge in [0.25, 0.3) is 0 Å². The molecule has 0 radical (unpaired) electrons. The van der Waals surface area contributed by atoms with Crippen molar-refractivity contribution in [2.24, 2.45) is 5.14 Å². The predicted molar refractivity (Wildman–Crippen MR) is 109 cm³/mol. The Morgan fingerprint density at radius 1 is 1.21 bits per heavy atom. The van der Waals surface area contributed by atoms with Crippen molar-refractivity contribution in [3.05, 3.63) is 30.1 Å². The number of nitrogens with one attached hydrogen (secondary N) is 1. The van der Waals surface area contributed by atoms with E-state index in [1.54, 1.807) is 0 Å². The van der Waals surface area contributed by atoms with Crippen LogP contribution < -0.4 is 10.5 Å². The molecular weight excluding hydrogens is 398 g/mol. The Labute approximate surface area is 169 Å². The number of anilines is 1. The van der Waals surface area contributed by atoms with E-state index < -0.39 is 10.0 Å². The van der Waals surface area contributed by atoms with Gasteiger partial charge in [0.05, 0.1) is 10.1 Å². The maximum Gasteiger partial charge on any atom is 0.238 e. The van der Waals surface area contributed by atoms with Crippen molar-refractivity contribution in [2.75, 3.05) is 5.32 Å². The fourth-order valence-electron chi connectivity index (χ4n) is 3.37. The van der Waals surface area contributed by atoms with Gasteiger partial charge in [-0.1, -0.05) is 31.0 Å². The highest BCUT2D eigenvalue weighted by Gasteiger charge is 2.24. The third-order valence-electron chi connectivity index (χ3n) is 4.88. The summed E-state index contributed by atoms with van der Waals surface area (Å²) < 4.78 is 24.8. The molecule has 1 aromatic heterocycles. The van der Waals surface area contributed by atoms with Crippen LogP contribution in [0.15, 0.2) is 34.3 Å². The molecular formula is C18H25N5O3S2. The van der Waals surface area contributed by atoms with Crippen LogP contribution in [0.5, 0.6) is 0 Å². The minimum absolute atomic E-state index is 0.00369. The number of carbonyl (C=O) groups excluding carboxylic acids is 1. The number of primary sulfonamides is 1. The van der Waals surface area contributed by atoms with E-state index in [0.717, 1.165) is 23.8 Å². The van der Waals surface area contributed by atoms with E-state index in [4.69, 9.17) is 5.14 Å². The van der Waals surface area contributed by atoms with E-state index in [9.17, 15) is 13.2 Å². The smallest absolute Gasteiger partial charge is 0.238 e. The number of thioether (sulfide) groups is 1. The van der Waals surface area contributed by atoms with Gasteiger partial charge in [-0.3, -0.25) is 4.79 Å². The van der Waals surface area contributed by atoms with Gasteiger partial charge in [-0.15, -0.1) is 10.2 Å². The van der Waals surface area contributed by atoms with Crippen LogP contribution in [0, 0.1) is 6.92 Å². The van der Waals surface area contributed by atoms with Crippen LogP contribution in [-0.4, -0.2) is 34.3 Å². The molecule has 0 spiro atoms. The molecule has 3 rings (SSSR count). The molecule has 1 saturated carbocycles. The number of hydrogen-bond donors (Lipinski definition) is 2. The van der Waals surface area contributed by atoms with Crippen molar-refractivity contribution >= 4 is 33.4 Å². The molecule has 1 aliphatic carbocycles. The van der Waals surface area contributed by atoms with E-state index in [1.807, 2.05) is 13.8 Å². The summed E-state index contributed by atoms with van der Waals surface area (Å²) in [4.78, 5) is 12.6. The molecule has 0 saturated heterocycles. The van der Waals surface area contributed by atoms with Crippen molar-refractivity contribution in [2.45, 2.75) is 67.3 Å². The fourth-order valence-corrected chi connectivity index (χ4v) is 4.85. The number of carbonyl (C=O) groups is 1. The topological polar surface area (TPSA) is 120 Å². The van der Waals surface area contributed by atoms with Gasteiger partial charge in [-0.25, -0.2) is 13.6 Å². The summed E-state index contributed by atoms with van der Waals surface area (Å²) in [6.07, 6.45) is 5.91. The summed E-state index contributed by atoms with van der Waals surface area (Å²) in [6, 6.07) is 6.16. The monoisotopic (exact) mass is 423 g/mol. The number of aryl methyl sites for hydroxylation is 1. The van der Waals surface area contributed by atoms with Crippen LogP contribution in [0.3, 0.4) is 0 Å². The zero-order valence-electron chi connectivity index (χ0n) is 16.0. The second-order valence-corrected chi connectivity index (χ2v) is 9.88. The normalized spacial score (nSPS) is 16.7. The molecule has 8 nitrogen and oxygen atoms in total. The summed E-state index contributed by atoms with van der Waals surface area (Å²) in [5.41, 5.74) is 0.509. The van der Waals surface area contributed by atoms with Crippen molar-refractivity contribution < 1.29 is 13.2 Å². The number of aromatic nitrogens is 3. The van der Waals surface area contributed by atoms with E-state index in [-0.39, 0.29) is 16.1 Å². The molecule has 1 amide bonds. The first-order valence-corrected chi connectivity index (χ1v) is 11.7. The Morgan fingerprint density at radius 2 is 1.86 bits per heavy atom. The van der Waals surface area contributed by atoms with Gasteiger partial charge in [0.2, 0.25) is 15.9 Å². The quantitative estimate of drug-likeness (QED) is 0.689. The first kappa shape index (κ1) is 20.8. The van der Waals surface area contributed by atoms with E-state index >= 15 is 0 Å². The third kappa shape index (κ3) is 4.92. The Kier molecular flexibility index (Phi) is 6.41. The van der Waals surface area contributed by atoms with Crippen molar-refractivity contribution in [1.82, 2.24) is 14.8 Å². The summed E-state index contributed by atoms with van der Waals surface area (Å²) in [7, 11) is -3.75. The second-order valence-electron chi connectivity index (χ2n) is 7.01. The lowest BCUT2D eigenvalue weighted by Crippen LogP contribution is -2.23. The Bertz CT molecular complexity index is 935. The number of hydrogen-bond acceptors (Lipinski definition) is 6. The van der Waals surface area contributed by atoms with Crippen LogP contribution in [0.2, 0.25) is 0 Å². The molecule has 3 N–H and O–H groups in total. The molecule has 0 aliphatic heterocycles. The molecule has 0 bridgehead atoms. The summed E-state index contributed by atoms with van der Waals surface area (Å²) in [5, 5.41) is 16.7. The van der Waals surface area contributed by atoms with E-state index in [0.29, 0.717) is 11.7 Å². The van der Waals surface area contributed by atoms with Crippen LogP contribution >= 0.6 is 11.8 Å². The molecule has 10 heteroatoms. The van der Waals surface area contributed by atoms with Crippen LogP contribution in [0.25, 0.3) is 0 Å². The molecule has 152 valence electrons. The lowest BCUT2D eigenvalue weighted by molar-refractivity contribution is -0.115.